The molecule has 1 N–H and O–H groups in total. The minimum atomic E-state index is -0.516. The Morgan fingerprint density at radius 2 is 1.93 bits per heavy atom. The molecule has 0 spiro atoms. The summed E-state index contributed by atoms with van der Waals surface area (Å²) in [5.74, 6) is 0.810. The zero-order valence-corrected chi connectivity index (χ0v) is 17.0. The van der Waals surface area contributed by atoms with Gasteiger partial charge in [0.05, 0.1) is 6.04 Å². The highest BCUT2D eigenvalue weighted by molar-refractivity contribution is 5.81. The Labute approximate surface area is 163 Å². The first-order valence-electron chi connectivity index (χ1n) is 10.1. The summed E-state index contributed by atoms with van der Waals surface area (Å²) < 4.78 is 6.09. The molecule has 144 valence electrons. The lowest BCUT2D eigenvalue weighted by atomic mass is 9.91. The standard InChI is InChI=1S/C24H31NO2/c1-5-22(20-14-13-16(2)15-17(20)3)25-24(26)18(4)27-23-12-8-10-19-9-6-7-11-21(19)23/h8,10,12-15,18,22H,5-7,9,11H2,1-4H3,(H,25,26)/t18-,22+/m1/s1. The number of ether oxygens (including phenoxy) is 1. The fourth-order valence-electron chi connectivity index (χ4n) is 4.01. The lowest BCUT2D eigenvalue weighted by Crippen LogP contribution is -2.38. The van der Waals surface area contributed by atoms with Crippen LogP contribution in [0.5, 0.6) is 5.75 Å². The van der Waals surface area contributed by atoms with Crippen LogP contribution >= 0.6 is 0 Å². The average Bonchev–Trinajstić information content (AvgIpc) is 2.66. The van der Waals surface area contributed by atoms with Gasteiger partial charge in [-0.25, -0.2) is 0 Å². The molecule has 0 saturated carbocycles. The predicted molar refractivity (Wildman–Crippen MR) is 110 cm³/mol. The fourth-order valence-corrected chi connectivity index (χ4v) is 4.01. The summed E-state index contributed by atoms with van der Waals surface area (Å²) in [5, 5.41) is 3.18. The monoisotopic (exact) mass is 365 g/mol. The van der Waals surface area contributed by atoms with Gasteiger partial charge in [0.2, 0.25) is 0 Å². The van der Waals surface area contributed by atoms with Gasteiger partial charge in [-0.15, -0.1) is 0 Å². The van der Waals surface area contributed by atoms with Gasteiger partial charge < -0.3 is 10.1 Å². The van der Waals surface area contributed by atoms with Crippen molar-refractivity contribution >= 4 is 5.91 Å². The topological polar surface area (TPSA) is 38.3 Å². The van der Waals surface area contributed by atoms with E-state index >= 15 is 0 Å². The average molecular weight is 366 g/mol. The van der Waals surface area contributed by atoms with Gasteiger partial charge in [0.25, 0.3) is 5.91 Å². The highest BCUT2D eigenvalue weighted by atomic mass is 16.5. The zero-order valence-electron chi connectivity index (χ0n) is 17.0. The van der Waals surface area contributed by atoms with Crippen molar-refractivity contribution in [1.29, 1.82) is 0 Å². The van der Waals surface area contributed by atoms with Crippen LogP contribution < -0.4 is 10.1 Å². The number of rotatable bonds is 6. The molecular weight excluding hydrogens is 334 g/mol. The van der Waals surface area contributed by atoms with E-state index in [1.54, 1.807) is 0 Å². The smallest absolute Gasteiger partial charge is 0.261 e. The largest absolute Gasteiger partial charge is 0.481 e. The number of aryl methyl sites for hydroxylation is 3. The highest BCUT2D eigenvalue weighted by Gasteiger charge is 2.22. The van der Waals surface area contributed by atoms with Crippen molar-refractivity contribution in [3.63, 3.8) is 0 Å². The maximum absolute atomic E-state index is 12.8. The minimum absolute atomic E-state index is 0.00818. The van der Waals surface area contributed by atoms with Crippen LogP contribution in [0.15, 0.2) is 36.4 Å². The molecule has 0 fully saturated rings. The molecule has 3 heteroatoms. The number of amides is 1. The lowest BCUT2D eigenvalue weighted by Gasteiger charge is -2.24. The van der Waals surface area contributed by atoms with Gasteiger partial charge in [0, 0.05) is 0 Å². The van der Waals surface area contributed by atoms with Gasteiger partial charge in [-0.05, 0) is 81.2 Å². The third-order valence-electron chi connectivity index (χ3n) is 5.55. The molecule has 2 aromatic carbocycles. The molecule has 0 aromatic heterocycles. The number of benzene rings is 2. The minimum Gasteiger partial charge on any atom is -0.481 e. The molecule has 1 aliphatic rings. The Hall–Kier alpha value is -2.29. The lowest BCUT2D eigenvalue weighted by molar-refractivity contribution is -0.128. The van der Waals surface area contributed by atoms with Crippen LogP contribution in [-0.2, 0) is 17.6 Å². The van der Waals surface area contributed by atoms with Crippen LogP contribution in [0, 0.1) is 13.8 Å². The molecule has 0 aliphatic heterocycles. The van der Waals surface area contributed by atoms with Gasteiger partial charge >= 0.3 is 0 Å². The molecule has 3 nitrogen and oxygen atoms in total. The molecule has 0 radical (unpaired) electrons. The second-order valence-corrected chi connectivity index (χ2v) is 7.69. The van der Waals surface area contributed by atoms with Crippen molar-refractivity contribution in [2.24, 2.45) is 0 Å². The first-order chi connectivity index (χ1) is 13.0. The van der Waals surface area contributed by atoms with Gasteiger partial charge in [-0.3, -0.25) is 4.79 Å². The van der Waals surface area contributed by atoms with E-state index < -0.39 is 6.10 Å². The molecule has 1 aliphatic carbocycles. The van der Waals surface area contributed by atoms with Gasteiger partial charge in [0.15, 0.2) is 6.10 Å². The third kappa shape index (κ3) is 4.52. The summed E-state index contributed by atoms with van der Waals surface area (Å²) in [7, 11) is 0. The molecule has 27 heavy (non-hydrogen) atoms. The van der Waals surface area contributed by atoms with Crippen molar-refractivity contribution in [3.8, 4) is 5.75 Å². The number of carbonyl (C=O) groups excluding carboxylic acids is 1. The molecule has 3 rings (SSSR count). The highest BCUT2D eigenvalue weighted by Crippen LogP contribution is 2.30. The van der Waals surface area contributed by atoms with E-state index in [1.807, 2.05) is 19.1 Å². The molecule has 0 saturated heterocycles. The number of hydrogen-bond donors (Lipinski definition) is 1. The Bertz CT molecular complexity index is 812. The number of hydrogen-bond acceptors (Lipinski definition) is 2. The van der Waals surface area contributed by atoms with Gasteiger partial charge in [-0.1, -0.05) is 42.8 Å². The number of fused-ring (bicyclic) bond motifs is 1. The van der Waals surface area contributed by atoms with Crippen molar-refractivity contribution in [2.75, 3.05) is 0 Å². The van der Waals surface area contributed by atoms with Crippen LogP contribution in [0.1, 0.15) is 67.0 Å². The van der Waals surface area contributed by atoms with E-state index in [9.17, 15) is 4.79 Å². The van der Waals surface area contributed by atoms with Crippen molar-refractivity contribution in [2.45, 2.75) is 71.9 Å². The van der Waals surface area contributed by atoms with Crippen LogP contribution in [0.2, 0.25) is 0 Å². The summed E-state index contributed by atoms with van der Waals surface area (Å²) in [5.41, 5.74) is 6.29. The predicted octanol–water partition coefficient (Wildman–Crippen LogP) is 5.22. The van der Waals surface area contributed by atoms with Crippen molar-refractivity contribution in [1.82, 2.24) is 5.32 Å². The van der Waals surface area contributed by atoms with E-state index in [2.05, 4.69) is 50.4 Å². The second-order valence-electron chi connectivity index (χ2n) is 7.69. The molecule has 2 aromatic rings. The van der Waals surface area contributed by atoms with Crippen LogP contribution in [0.4, 0.5) is 0 Å². The molecule has 0 unspecified atom stereocenters. The van der Waals surface area contributed by atoms with Crippen LogP contribution in [0.25, 0.3) is 0 Å². The number of nitrogens with one attached hydrogen (secondary N) is 1. The van der Waals surface area contributed by atoms with Gasteiger partial charge in [-0.2, -0.15) is 0 Å². The summed E-state index contributed by atoms with van der Waals surface area (Å²) in [6, 6.07) is 12.6. The second kappa shape index (κ2) is 8.60. The first kappa shape index (κ1) is 19.5. The Morgan fingerprint density at radius 3 is 2.67 bits per heavy atom. The van der Waals surface area contributed by atoms with E-state index in [4.69, 9.17) is 4.74 Å². The maximum Gasteiger partial charge on any atom is 0.261 e. The molecule has 2 atom stereocenters. The first-order valence-corrected chi connectivity index (χ1v) is 10.1. The van der Waals surface area contributed by atoms with Crippen LogP contribution in [-0.4, -0.2) is 12.0 Å². The maximum atomic E-state index is 12.8. The van der Waals surface area contributed by atoms with Crippen molar-refractivity contribution in [3.05, 3.63) is 64.2 Å². The fraction of sp³-hybridized carbons (Fsp3) is 0.458. The van der Waals surface area contributed by atoms with E-state index in [0.29, 0.717) is 0 Å². The van der Waals surface area contributed by atoms with Gasteiger partial charge in [0.1, 0.15) is 5.75 Å². The Morgan fingerprint density at radius 1 is 1.15 bits per heavy atom. The summed E-state index contributed by atoms with van der Waals surface area (Å²) in [4.78, 5) is 12.8. The summed E-state index contributed by atoms with van der Waals surface area (Å²) in [6.07, 6.45) is 4.91. The molecule has 1 amide bonds. The molecular formula is C24H31NO2. The van der Waals surface area contributed by atoms with E-state index in [0.717, 1.165) is 25.0 Å². The van der Waals surface area contributed by atoms with E-state index in [-0.39, 0.29) is 11.9 Å². The molecule has 0 heterocycles. The molecule has 0 bridgehead atoms. The Kier molecular flexibility index (Phi) is 6.20. The summed E-state index contributed by atoms with van der Waals surface area (Å²) in [6.45, 7) is 8.13. The Balaban J connectivity index is 1.70. The van der Waals surface area contributed by atoms with Crippen molar-refractivity contribution < 1.29 is 9.53 Å². The number of carbonyl (C=O) groups is 1. The zero-order chi connectivity index (χ0) is 19.4. The quantitative estimate of drug-likeness (QED) is 0.762. The SMILES string of the molecule is CC[C@H](NC(=O)[C@@H](C)Oc1cccc2c1CCCC2)c1ccc(C)cc1C. The third-order valence-corrected chi connectivity index (χ3v) is 5.55. The summed E-state index contributed by atoms with van der Waals surface area (Å²) >= 11 is 0. The van der Waals surface area contributed by atoms with Crippen LogP contribution in [0.3, 0.4) is 0 Å². The normalized spacial score (nSPS) is 15.6. The van der Waals surface area contributed by atoms with E-state index in [1.165, 1.54) is 40.7 Å².